The average Bonchev–Trinajstić information content (AvgIpc) is 1.27. The highest BCUT2D eigenvalue weighted by molar-refractivity contribution is 8.00. The van der Waals surface area contributed by atoms with Crippen molar-refractivity contribution in [3.8, 4) is 0 Å². The van der Waals surface area contributed by atoms with Crippen molar-refractivity contribution in [2.75, 3.05) is 0 Å². The van der Waals surface area contributed by atoms with Crippen LogP contribution in [0.15, 0.2) is 0 Å². The standard InChI is InChI=1S/C3H4O2S2/c4-2-1-3(6,7)5-2/h6-7H,1H2. The van der Waals surface area contributed by atoms with E-state index >= 15 is 0 Å². The molecule has 1 heterocycles. The molecule has 0 saturated carbocycles. The molecule has 2 nitrogen and oxygen atoms in total. The molecule has 1 fully saturated rings. The molecule has 7 heavy (non-hydrogen) atoms. The van der Waals surface area contributed by atoms with E-state index in [-0.39, 0.29) is 5.97 Å². The summed E-state index contributed by atoms with van der Waals surface area (Å²) in [6, 6.07) is 0. The van der Waals surface area contributed by atoms with Gasteiger partial charge in [-0.05, 0) is 0 Å². The van der Waals surface area contributed by atoms with Gasteiger partial charge in [-0.15, -0.1) is 25.3 Å². The molecule has 0 aliphatic carbocycles. The maximum Gasteiger partial charge on any atom is 0.313 e. The molecule has 0 atom stereocenters. The van der Waals surface area contributed by atoms with Crippen LogP contribution in [0.3, 0.4) is 0 Å². The van der Waals surface area contributed by atoms with Crippen LogP contribution in [-0.4, -0.2) is 10.2 Å². The zero-order chi connectivity index (χ0) is 5.49. The largest absolute Gasteiger partial charge is 0.438 e. The number of thiol groups is 2. The number of carbonyl (C=O) groups excluding carboxylic acids is 1. The van der Waals surface area contributed by atoms with Crippen LogP contribution in [0.25, 0.3) is 0 Å². The molecular formula is C3H4O2S2. The predicted molar refractivity (Wildman–Crippen MR) is 31.4 cm³/mol. The lowest BCUT2D eigenvalue weighted by Crippen LogP contribution is -2.37. The van der Waals surface area contributed by atoms with Gasteiger partial charge in [0, 0.05) is 0 Å². The highest BCUT2D eigenvalue weighted by Gasteiger charge is 2.38. The Kier molecular flexibility index (Phi) is 1.00. The van der Waals surface area contributed by atoms with Gasteiger partial charge in [-0.25, -0.2) is 0 Å². The first kappa shape index (κ1) is 5.31. The predicted octanol–water partition coefficient (Wildman–Crippen LogP) is 0.447. The van der Waals surface area contributed by atoms with Gasteiger partial charge >= 0.3 is 5.97 Å². The van der Waals surface area contributed by atoms with E-state index in [0.717, 1.165) is 0 Å². The van der Waals surface area contributed by atoms with E-state index in [1.807, 2.05) is 0 Å². The molecule has 1 aliphatic heterocycles. The second-order valence-corrected chi connectivity index (χ2v) is 3.19. The van der Waals surface area contributed by atoms with E-state index in [9.17, 15) is 4.79 Å². The molecule has 0 N–H and O–H groups in total. The fourth-order valence-electron chi connectivity index (χ4n) is 0.362. The van der Waals surface area contributed by atoms with Crippen molar-refractivity contribution in [1.82, 2.24) is 0 Å². The van der Waals surface area contributed by atoms with E-state index in [1.165, 1.54) is 0 Å². The molecule has 0 aromatic heterocycles. The SMILES string of the molecule is O=C1CC(S)(S)O1. The van der Waals surface area contributed by atoms with Gasteiger partial charge in [0.15, 0.2) is 0 Å². The Morgan fingerprint density at radius 1 is 1.71 bits per heavy atom. The zero-order valence-electron chi connectivity index (χ0n) is 3.42. The minimum atomic E-state index is -0.767. The van der Waals surface area contributed by atoms with Gasteiger partial charge in [-0.2, -0.15) is 0 Å². The summed E-state index contributed by atoms with van der Waals surface area (Å²) >= 11 is 7.64. The molecule has 0 aromatic rings. The summed E-state index contributed by atoms with van der Waals surface area (Å²) in [6.45, 7) is 0. The summed E-state index contributed by atoms with van der Waals surface area (Å²) in [5.74, 6) is -0.231. The van der Waals surface area contributed by atoms with Crippen molar-refractivity contribution in [2.24, 2.45) is 0 Å². The number of esters is 1. The van der Waals surface area contributed by atoms with Crippen molar-refractivity contribution in [1.29, 1.82) is 0 Å². The molecule has 0 spiro atoms. The third-order valence-electron chi connectivity index (χ3n) is 0.652. The minimum Gasteiger partial charge on any atom is -0.438 e. The van der Waals surface area contributed by atoms with Crippen molar-refractivity contribution < 1.29 is 9.53 Å². The number of rotatable bonds is 0. The summed E-state index contributed by atoms with van der Waals surface area (Å²) in [5.41, 5.74) is 0. The molecule has 4 heteroatoms. The van der Waals surface area contributed by atoms with Gasteiger partial charge in [0.2, 0.25) is 4.27 Å². The van der Waals surface area contributed by atoms with Gasteiger partial charge in [-0.3, -0.25) is 4.79 Å². The van der Waals surface area contributed by atoms with Crippen molar-refractivity contribution >= 4 is 31.2 Å². The molecule has 0 radical (unpaired) electrons. The topological polar surface area (TPSA) is 26.3 Å². The Bertz CT molecular complexity index is 99.5. The summed E-state index contributed by atoms with van der Waals surface area (Å²) < 4.78 is 3.65. The van der Waals surface area contributed by atoms with Crippen LogP contribution in [0.2, 0.25) is 0 Å². The fourth-order valence-corrected chi connectivity index (χ4v) is 0.824. The van der Waals surface area contributed by atoms with E-state index in [2.05, 4.69) is 30.0 Å². The lowest BCUT2D eigenvalue weighted by Gasteiger charge is -2.30. The van der Waals surface area contributed by atoms with Crippen LogP contribution in [-0.2, 0) is 9.53 Å². The van der Waals surface area contributed by atoms with Crippen molar-refractivity contribution in [2.45, 2.75) is 10.7 Å². The van der Waals surface area contributed by atoms with Gasteiger partial charge < -0.3 is 4.74 Å². The molecule has 0 unspecified atom stereocenters. The van der Waals surface area contributed by atoms with Crippen LogP contribution >= 0.6 is 25.3 Å². The second-order valence-electron chi connectivity index (χ2n) is 1.39. The minimum absolute atomic E-state index is 0.231. The van der Waals surface area contributed by atoms with Gasteiger partial charge in [0.1, 0.15) is 6.42 Å². The Hall–Kier alpha value is 0.170. The normalized spacial score (nSPS) is 25.7. The Labute approximate surface area is 52.0 Å². The van der Waals surface area contributed by atoms with Crippen LogP contribution in [0.5, 0.6) is 0 Å². The number of cyclic esters (lactones) is 1. The average molecular weight is 136 g/mol. The van der Waals surface area contributed by atoms with Crippen LogP contribution in [0.4, 0.5) is 0 Å². The quantitative estimate of drug-likeness (QED) is 0.287. The molecule has 0 bridgehead atoms. The summed E-state index contributed by atoms with van der Waals surface area (Å²) in [4.78, 5) is 9.99. The van der Waals surface area contributed by atoms with Gasteiger partial charge in [0.05, 0.1) is 0 Å². The molecule has 1 saturated heterocycles. The molecule has 1 rings (SSSR count). The van der Waals surface area contributed by atoms with E-state index < -0.39 is 4.27 Å². The molecule has 0 amide bonds. The molecule has 0 aromatic carbocycles. The van der Waals surface area contributed by atoms with Crippen LogP contribution < -0.4 is 0 Å². The van der Waals surface area contributed by atoms with Gasteiger partial charge in [-0.1, -0.05) is 0 Å². The third-order valence-corrected chi connectivity index (χ3v) is 1.15. The van der Waals surface area contributed by atoms with E-state index in [0.29, 0.717) is 6.42 Å². The Morgan fingerprint density at radius 3 is 2.14 bits per heavy atom. The first-order chi connectivity index (χ1) is 3.10. The van der Waals surface area contributed by atoms with Crippen molar-refractivity contribution in [3.63, 3.8) is 0 Å². The number of ether oxygens (including phenoxy) is 1. The number of hydrogen-bond acceptors (Lipinski definition) is 4. The summed E-state index contributed by atoms with van der Waals surface area (Å²) in [6.07, 6.45) is 0.305. The summed E-state index contributed by atoms with van der Waals surface area (Å²) in [5, 5.41) is 0. The lowest BCUT2D eigenvalue weighted by molar-refractivity contribution is -0.163. The maximum atomic E-state index is 9.99. The molecular weight excluding hydrogens is 132 g/mol. The smallest absolute Gasteiger partial charge is 0.313 e. The zero-order valence-corrected chi connectivity index (χ0v) is 5.21. The Morgan fingerprint density at radius 2 is 2.14 bits per heavy atom. The van der Waals surface area contributed by atoms with Crippen LogP contribution in [0, 0.1) is 0 Å². The second kappa shape index (κ2) is 1.32. The monoisotopic (exact) mass is 136 g/mol. The van der Waals surface area contributed by atoms with Crippen molar-refractivity contribution in [3.05, 3.63) is 0 Å². The first-order valence-electron chi connectivity index (χ1n) is 1.77. The lowest BCUT2D eigenvalue weighted by atomic mass is 10.4. The Balaban J connectivity index is 2.43. The fraction of sp³-hybridized carbons (Fsp3) is 0.667. The van der Waals surface area contributed by atoms with E-state index in [1.54, 1.807) is 0 Å². The molecule has 1 aliphatic rings. The first-order valence-corrected chi connectivity index (χ1v) is 2.66. The molecule has 40 valence electrons. The highest BCUT2D eigenvalue weighted by atomic mass is 32.2. The third kappa shape index (κ3) is 1.04. The van der Waals surface area contributed by atoms with Gasteiger partial charge in [0.25, 0.3) is 0 Å². The number of carbonyl (C=O) groups is 1. The summed E-state index contributed by atoms with van der Waals surface area (Å²) in [7, 11) is 0. The maximum absolute atomic E-state index is 9.99. The highest BCUT2D eigenvalue weighted by Crippen LogP contribution is 2.34. The van der Waals surface area contributed by atoms with E-state index in [4.69, 9.17) is 0 Å². The van der Waals surface area contributed by atoms with Crippen LogP contribution in [0.1, 0.15) is 6.42 Å². The number of hydrogen-bond donors (Lipinski definition) is 2.